The lowest BCUT2D eigenvalue weighted by Gasteiger charge is -2.06. The summed E-state index contributed by atoms with van der Waals surface area (Å²) in [5.74, 6) is 1.44. The Hall–Kier alpha value is -0.960. The van der Waals surface area contributed by atoms with Crippen LogP contribution >= 0.6 is 11.6 Å². The maximum absolute atomic E-state index is 5.98. The molecule has 0 aromatic carbocycles. The molecule has 13 heavy (non-hydrogen) atoms. The highest BCUT2D eigenvalue weighted by molar-refractivity contribution is 6.32. The van der Waals surface area contributed by atoms with Gasteiger partial charge in [-0.05, 0) is 12.8 Å². The highest BCUT2D eigenvalue weighted by atomic mass is 35.5. The van der Waals surface area contributed by atoms with Crippen LogP contribution in [-0.2, 0) is 0 Å². The summed E-state index contributed by atoms with van der Waals surface area (Å²) in [5, 5.41) is 3.53. The number of hydrogen-bond donors (Lipinski definition) is 1. The van der Waals surface area contributed by atoms with E-state index in [-0.39, 0.29) is 0 Å². The molecule has 0 radical (unpaired) electrons. The number of halogens is 1. The van der Waals surface area contributed by atoms with E-state index in [1.54, 1.807) is 19.3 Å². The summed E-state index contributed by atoms with van der Waals surface area (Å²) in [6.07, 6.45) is 4.28. The minimum absolute atomic E-state index is 0.361. The van der Waals surface area contributed by atoms with Crippen LogP contribution in [0.2, 0.25) is 5.02 Å². The molecule has 0 spiro atoms. The zero-order valence-electron chi connectivity index (χ0n) is 7.38. The molecule has 1 aliphatic carbocycles. The average Bonchev–Trinajstić information content (AvgIpc) is 2.92. The number of ether oxygens (including phenoxy) is 1. The molecule has 2 rings (SSSR count). The van der Waals surface area contributed by atoms with E-state index in [0.717, 1.165) is 18.7 Å². The summed E-state index contributed by atoms with van der Waals surface area (Å²) >= 11 is 5.98. The van der Waals surface area contributed by atoms with Crippen molar-refractivity contribution in [3.63, 3.8) is 0 Å². The molecule has 0 atom stereocenters. The number of hydrogen-bond acceptors (Lipinski definition) is 3. The normalized spacial score (nSPS) is 15.5. The van der Waals surface area contributed by atoms with Crippen molar-refractivity contribution in [1.29, 1.82) is 0 Å². The first-order chi connectivity index (χ1) is 6.29. The Bertz CT molecular complexity index is 312. The Kier molecular flexibility index (Phi) is 2.27. The molecule has 0 unspecified atom stereocenters. The van der Waals surface area contributed by atoms with Crippen LogP contribution in [0.25, 0.3) is 0 Å². The minimum atomic E-state index is 0.361. The Morgan fingerprint density at radius 2 is 2.38 bits per heavy atom. The van der Waals surface area contributed by atoms with E-state index in [1.165, 1.54) is 0 Å². The molecule has 1 aliphatic rings. The molecule has 1 aromatic heterocycles. The Balaban J connectivity index is 2.15. The molecule has 1 saturated carbocycles. The van der Waals surface area contributed by atoms with Gasteiger partial charge in [-0.1, -0.05) is 11.6 Å². The van der Waals surface area contributed by atoms with Crippen LogP contribution in [0.3, 0.4) is 0 Å². The number of nitrogens with zero attached hydrogens (tertiary/aromatic N) is 1. The van der Waals surface area contributed by atoms with E-state index < -0.39 is 0 Å². The maximum atomic E-state index is 5.98. The molecular formula is C9H11ClN2O. The van der Waals surface area contributed by atoms with Gasteiger partial charge in [0.1, 0.15) is 5.82 Å². The standard InChI is InChI=1S/C9H11ClN2O/c1-11-9-4-7(10)8(5-12-9)13-6-2-3-6/h4-6H,2-3H2,1H3,(H,11,12). The van der Waals surface area contributed by atoms with Crippen LogP contribution in [0.4, 0.5) is 5.82 Å². The summed E-state index contributed by atoms with van der Waals surface area (Å²) in [4.78, 5) is 4.12. The fraction of sp³-hybridized carbons (Fsp3) is 0.444. The highest BCUT2D eigenvalue weighted by Crippen LogP contribution is 2.32. The molecule has 1 N–H and O–H groups in total. The van der Waals surface area contributed by atoms with Crippen LogP contribution in [0, 0.1) is 0 Å². The van der Waals surface area contributed by atoms with Crippen molar-refractivity contribution in [3.8, 4) is 5.75 Å². The smallest absolute Gasteiger partial charge is 0.156 e. The summed E-state index contributed by atoms with van der Waals surface area (Å²) < 4.78 is 5.53. The third-order valence-corrected chi connectivity index (χ3v) is 2.19. The van der Waals surface area contributed by atoms with E-state index in [1.807, 2.05) is 0 Å². The van der Waals surface area contributed by atoms with Crippen molar-refractivity contribution in [3.05, 3.63) is 17.3 Å². The molecular weight excluding hydrogens is 188 g/mol. The molecule has 0 amide bonds. The quantitative estimate of drug-likeness (QED) is 0.810. The van der Waals surface area contributed by atoms with Gasteiger partial charge in [0.05, 0.1) is 17.3 Å². The monoisotopic (exact) mass is 198 g/mol. The van der Waals surface area contributed by atoms with Gasteiger partial charge in [0.2, 0.25) is 0 Å². The Morgan fingerprint density at radius 3 is 2.92 bits per heavy atom. The first-order valence-corrected chi connectivity index (χ1v) is 4.67. The fourth-order valence-electron chi connectivity index (χ4n) is 1.01. The van der Waals surface area contributed by atoms with E-state index in [9.17, 15) is 0 Å². The molecule has 4 heteroatoms. The highest BCUT2D eigenvalue weighted by Gasteiger charge is 2.24. The van der Waals surface area contributed by atoms with Gasteiger partial charge in [0, 0.05) is 13.1 Å². The van der Waals surface area contributed by atoms with Crippen molar-refractivity contribution in [2.45, 2.75) is 18.9 Å². The van der Waals surface area contributed by atoms with E-state index >= 15 is 0 Å². The number of anilines is 1. The van der Waals surface area contributed by atoms with Crippen LogP contribution in [-0.4, -0.2) is 18.1 Å². The van der Waals surface area contributed by atoms with Gasteiger partial charge in [-0.3, -0.25) is 0 Å². The lowest BCUT2D eigenvalue weighted by molar-refractivity contribution is 0.302. The maximum Gasteiger partial charge on any atom is 0.156 e. The zero-order valence-corrected chi connectivity index (χ0v) is 8.14. The summed E-state index contributed by atoms with van der Waals surface area (Å²) in [6, 6.07) is 1.76. The van der Waals surface area contributed by atoms with Crippen molar-refractivity contribution < 1.29 is 4.74 Å². The second-order valence-corrected chi connectivity index (χ2v) is 3.47. The van der Waals surface area contributed by atoms with Gasteiger partial charge in [0.25, 0.3) is 0 Å². The van der Waals surface area contributed by atoms with Crippen molar-refractivity contribution >= 4 is 17.4 Å². The predicted octanol–water partition coefficient (Wildman–Crippen LogP) is 2.32. The lowest BCUT2D eigenvalue weighted by Crippen LogP contribution is -1.98. The topological polar surface area (TPSA) is 34.1 Å². The second-order valence-electron chi connectivity index (χ2n) is 3.07. The van der Waals surface area contributed by atoms with E-state index in [2.05, 4.69) is 10.3 Å². The molecule has 0 aliphatic heterocycles. The molecule has 0 bridgehead atoms. The lowest BCUT2D eigenvalue weighted by atomic mass is 10.4. The van der Waals surface area contributed by atoms with Gasteiger partial charge in [-0.25, -0.2) is 4.98 Å². The largest absolute Gasteiger partial charge is 0.487 e. The van der Waals surface area contributed by atoms with Crippen LogP contribution in [0.15, 0.2) is 12.3 Å². The van der Waals surface area contributed by atoms with Crippen molar-refractivity contribution in [2.24, 2.45) is 0 Å². The first kappa shape index (κ1) is 8.63. The summed E-state index contributed by atoms with van der Waals surface area (Å²) in [5.41, 5.74) is 0. The number of nitrogens with one attached hydrogen (secondary N) is 1. The van der Waals surface area contributed by atoms with Gasteiger partial charge >= 0.3 is 0 Å². The molecule has 1 heterocycles. The number of aromatic nitrogens is 1. The SMILES string of the molecule is CNc1cc(Cl)c(OC2CC2)cn1. The third-order valence-electron chi connectivity index (χ3n) is 1.89. The second kappa shape index (κ2) is 3.42. The summed E-state index contributed by atoms with van der Waals surface area (Å²) in [7, 11) is 1.81. The van der Waals surface area contributed by atoms with Gasteiger partial charge in [-0.2, -0.15) is 0 Å². The van der Waals surface area contributed by atoms with Crippen LogP contribution in [0.5, 0.6) is 5.75 Å². The Morgan fingerprint density at radius 1 is 1.62 bits per heavy atom. The van der Waals surface area contributed by atoms with Gasteiger partial charge in [-0.15, -0.1) is 0 Å². The van der Waals surface area contributed by atoms with Crippen molar-refractivity contribution in [1.82, 2.24) is 4.98 Å². The van der Waals surface area contributed by atoms with Crippen LogP contribution < -0.4 is 10.1 Å². The number of rotatable bonds is 3. The zero-order chi connectivity index (χ0) is 9.26. The molecule has 1 fully saturated rings. The Labute approximate surface area is 82.1 Å². The first-order valence-electron chi connectivity index (χ1n) is 4.29. The van der Waals surface area contributed by atoms with Gasteiger partial charge < -0.3 is 10.1 Å². The average molecular weight is 199 g/mol. The molecule has 1 aromatic rings. The van der Waals surface area contributed by atoms with E-state index in [4.69, 9.17) is 16.3 Å². The molecule has 3 nitrogen and oxygen atoms in total. The van der Waals surface area contributed by atoms with Crippen molar-refractivity contribution in [2.75, 3.05) is 12.4 Å². The number of pyridine rings is 1. The molecule has 0 saturated heterocycles. The molecule has 70 valence electrons. The minimum Gasteiger partial charge on any atom is -0.487 e. The van der Waals surface area contributed by atoms with E-state index in [0.29, 0.717) is 16.9 Å². The third kappa shape index (κ3) is 2.04. The van der Waals surface area contributed by atoms with Gasteiger partial charge in [0.15, 0.2) is 5.75 Å². The predicted molar refractivity (Wildman–Crippen MR) is 52.4 cm³/mol. The van der Waals surface area contributed by atoms with Crippen LogP contribution in [0.1, 0.15) is 12.8 Å². The fourth-order valence-corrected chi connectivity index (χ4v) is 1.20. The summed E-state index contributed by atoms with van der Waals surface area (Å²) in [6.45, 7) is 0.